The summed E-state index contributed by atoms with van der Waals surface area (Å²) in [6.45, 7) is 0. The molecule has 3 rings (SSSR count). The van der Waals surface area contributed by atoms with Gasteiger partial charge in [-0.3, -0.25) is 9.79 Å². The number of benzene rings is 1. The van der Waals surface area contributed by atoms with E-state index in [9.17, 15) is 4.79 Å². The Hall–Kier alpha value is -1.59. The van der Waals surface area contributed by atoms with Crippen molar-refractivity contribution in [3.05, 3.63) is 57.2 Å². The molecular weight excluding hydrogens is 278 g/mol. The quantitative estimate of drug-likeness (QED) is 0.937. The van der Waals surface area contributed by atoms with Gasteiger partial charge in [-0.15, -0.1) is 23.1 Å². The van der Waals surface area contributed by atoms with Crippen LogP contribution in [0.25, 0.3) is 4.91 Å². The number of rotatable bonds is 4. The van der Waals surface area contributed by atoms with Crippen LogP contribution in [0.1, 0.15) is 10.9 Å². The predicted molar refractivity (Wildman–Crippen MR) is 77.8 cm³/mol. The van der Waals surface area contributed by atoms with Crippen molar-refractivity contribution in [3.63, 3.8) is 0 Å². The van der Waals surface area contributed by atoms with Crippen LogP contribution in [0.15, 0.2) is 46.8 Å². The second-order valence-corrected chi connectivity index (χ2v) is 6.11. The fraction of sp³-hybridized carbons (Fsp3) is 0.143. The molecule has 2 heterocycles. The summed E-state index contributed by atoms with van der Waals surface area (Å²) in [5.74, 6) is -0.729. The fourth-order valence-electron chi connectivity index (χ4n) is 2.08. The van der Waals surface area contributed by atoms with E-state index in [1.54, 1.807) is 11.3 Å². The first-order valence-electron chi connectivity index (χ1n) is 5.81. The number of carboxylic acids is 1. The Morgan fingerprint density at radius 3 is 2.89 bits per heavy atom. The molecule has 0 bridgehead atoms. The molecule has 0 radical (unpaired) electrons. The third-order valence-electron chi connectivity index (χ3n) is 2.85. The Bertz CT molecular complexity index is 722. The van der Waals surface area contributed by atoms with E-state index in [1.807, 2.05) is 41.8 Å². The molecule has 1 N–H and O–H groups in total. The van der Waals surface area contributed by atoms with Crippen LogP contribution in [0.5, 0.6) is 0 Å². The summed E-state index contributed by atoms with van der Waals surface area (Å²) in [6, 6.07) is 11.9. The SMILES string of the molecule is O=C(O)CSC1=c2ccccc2=NC1c1cccs1. The van der Waals surface area contributed by atoms with E-state index in [1.165, 1.54) is 11.8 Å². The minimum atomic E-state index is -0.799. The highest BCUT2D eigenvalue weighted by Crippen LogP contribution is 2.37. The number of hydrogen-bond donors (Lipinski definition) is 1. The molecule has 1 aromatic heterocycles. The summed E-state index contributed by atoms with van der Waals surface area (Å²) in [6.07, 6.45) is 0. The summed E-state index contributed by atoms with van der Waals surface area (Å²) >= 11 is 3.02. The highest BCUT2D eigenvalue weighted by Gasteiger charge is 2.23. The molecule has 1 aromatic carbocycles. The average molecular weight is 289 g/mol. The van der Waals surface area contributed by atoms with Crippen LogP contribution >= 0.6 is 23.1 Å². The van der Waals surface area contributed by atoms with E-state index in [-0.39, 0.29) is 11.8 Å². The molecule has 3 nitrogen and oxygen atoms in total. The Morgan fingerprint density at radius 1 is 1.32 bits per heavy atom. The number of aliphatic carboxylic acids is 1. The maximum absolute atomic E-state index is 10.8. The molecule has 0 spiro atoms. The zero-order chi connectivity index (χ0) is 13.2. The molecule has 0 fully saturated rings. The lowest BCUT2D eigenvalue weighted by Gasteiger charge is -2.09. The Kier molecular flexibility index (Phi) is 3.40. The largest absolute Gasteiger partial charge is 0.481 e. The minimum absolute atomic E-state index is 0.0400. The zero-order valence-corrected chi connectivity index (χ0v) is 11.6. The van der Waals surface area contributed by atoms with Gasteiger partial charge in [-0.25, -0.2) is 0 Å². The van der Waals surface area contributed by atoms with Crippen molar-refractivity contribution in [2.75, 3.05) is 5.75 Å². The van der Waals surface area contributed by atoms with E-state index in [2.05, 4.69) is 0 Å². The first-order valence-corrected chi connectivity index (χ1v) is 7.67. The van der Waals surface area contributed by atoms with Crippen LogP contribution < -0.4 is 10.6 Å². The lowest BCUT2D eigenvalue weighted by atomic mass is 10.2. The monoisotopic (exact) mass is 289 g/mol. The third-order valence-corrected chi connectivity index (χ3v) is 4.92. The lowest BCUT2D eigenvalue weighted by molar-refractivity contribution is -0.133. The van der Waals surface area contributed by atoms with Crippen molar-refractivity contribution < 1.29 is 9.90 Å². The summed E-state index contributed by atoms with van der Waals surface area (Å²) in [7, 11) is 0. The number of carbonyl (C=O) groups is 1. The Morgan fingerprint density at radius 2 is 2.16 bits per heavy atom. The smallest absolute Gasteiger partial charge is 0.313 e. The molecule has 0 saturated heterocycles. The standard InChI is InChI=1S/C14H11NO2S2/c16-12(17)8-19-14-9-4-1-2-5-10(9)15-13(14)11-6-3-7-18-11/h1-7,13H,8H2,(H,16,17). The van der Waals surface area contributed by atoms with Gasteiger partial charge in [-0.2, -0.15) is 0 Å². The summed E-state index contributed by atoms with van der Waals surface area (Å²) in [5.41, 5.74) is 0. The molecular formula is C14H11NO2S2. The highest BCUT2D eigenvalue weighted by atomic mass is 32.2. The first-order chi connectivity index (χ1) is 9.25. The second kappa shape index (κ2) is 5.19. The molecule has 1 aliphatic rings. The van der Waals surface area contributed by atoms with Gasteiger partial charge in [0.25, 0.3) is 0 Å². The molecule has 5 heteroatoms. The maximum Gasteiger partial charge on any atom is 0.313 e. The van der Waals surface area contributed by atoms with Crippen molar-refractivity contribution >= 4 is 34.0 Å². The molecule has 0 aliphatic carbocycles. The van der Waals surface area contributed by atoms with Crippen LogP contribution in [-0.4, -0.2) is 16.8 Å². The van der Waals surface area contributed by atoms with Crippen molar-refractivity contribution in [3.8, 4) is 0 Å². The van der Waals surface area contributed by atoms with E-state index >= 15 is 0 Å². The van der Waals surface area contributed by atoms with Crippen molar-refractivity contribution in [1.29, 1.82) is 0 Å². The van der Waals surface area contributed by atoms with Crippen LogP contribution in [0.3, 0.4) is 0 Å². The van der Waals surface area contributed by atoms with Gasteiger partial charge < -0.3 is 5.11 Å². The Balaban J connectivity index is 2.07. The van der Waals surface area contributed by atoms with Gasteiger partial charge in [0.2, 0.25) is 0 Å². The Labute approximate surface area is 118 Å². The molecule has 1 atom stereocenters. The number of hydrogen-bond acceptors (Lipinski definition) is 4. The van der Waals surface area contributed by atoms with Crippen LogP contribution in [-0.2, 0) is 4.79 Å². The minimum Gasteiger partial charge on any atom is -0.481 e. The van der Waals surface area contributed by atoms with Gasteiger partial charge >= 0.3 is 5.97 Å². The van der Waals surface area contributed by atoms with Gasteiger partial charge in [0.05, 0.1) is 11.1 Å². The normalized spacial score (nSPS) is 17.1. The van der Waals surface area contributed by atoms with Gasteiger partial charge in [0.1, 0.15) is 6.04 Å². The predicted octanol–water partition coefficient (Wildman–Crippen LogP) is 2.05. The van der Waals surface area contributed by atoms with Crippen LogP contribution in [0, 0.1) is 0 Å². The topological polar surface area (TPSA) is 49.7 Å². The van der Waals surface area contributed by atoms with Crippen LogP contribution in [0.4, 0.5) is 0 Å². The van der Waals surface area contributed by atoms with E-state index in [0.29, 0.717) is 0 Å². The first kappa shape index (κ1) is 12.4. The number of para-hydroxylation sites is 1. The van der Waals surface area contributed by atoms with Crippen molar-refractivity contribution in [1.82, 2.24) is 0 Å². The number of thiophene rings is 1. The van der Waals surface area contributed by atoms with E-state index < -0.39 is 5.97 Å². The molecule has 1 aliphatic heterocycles. The van der Waals surface area contributed by atoms with Gasteiger partial charge in [0.15, 0.2) is 0 Å². The molecule has 0 amide bonds. The molecule has 2 aromatic rings. The summed E-state index contributed by atoms with van der Waals surface area (Å²) in [4.78, 5) is 17.7. The highest BCUT2D eigenvalue weighted by molar-refractivity contribution is 8.08. The molecule has 19 heavy (non-hydrogen) atoms. The zero-order valence-electron chi connectivity index (χ0n) is 9.95. The van der Waals surface area contributed by atoms with E-state index in [0.717, 1.165) is 20.4 Å². The number of thioether (sulfide) groups is 1. The number of nitrogens with zero attached hydrogens (tertiary/aromatic N) is 1. The summed E-state index contributed by atoms with van der Waals surface area (Å²) in [5, 5.41) is 12.9. The molecule has 96 valence electrons. The fourth-order valence-corrected chi connectivity index (χ4v) is 3.87. The van der Waals surface area contributed by atoms with Gasteiger partial charge in [-0.05, 0) is 17.5 Å². The summed E-state index contributed by atoms with van der Waals surface area (Å²) < 4.78 is 0. The molecule has 1 unspecified atom stereocenters. The molecule has 0 saturated carbocycles. The van der Waals surface area contributed by atoms with Crippen molar-refractivity contribution in [2.45, 2.75) is 6.04 Å². The maximum atomic E-state index is 10.8. The van der Waals surface area contributed by atoms with Crippen molar-refractivity contribution in [2.24, 2.45) is 4.99 Å². The van der Waals surface area contributed by atoms with Crippen LogP contribution in [0.2, 0.25) is 0 Å². The van der Waals surface area contributed by atoms with Gasteiger partial charge in [-0.1, -0.05) is 24.3 Å². The third kappa shape index (κ3) is 2.43. The van der Waals surface area contributed by atoms with Gasteiger partial charge in [0, 0.05) is 15.0 Å². The second-order valence-electron chi connectivity index (χ2n) is 4.11. The lowest BCUT2D eigenvalue weighted by Crippen LogP contribution is -2.21. The number of fused-ring (bicyclic) bond motifs is 1. The number of carboxylic acid groups (broad SMARTS) is 1. The van der Waals surface area contributed by atoms with E-state index in [4.69, 9.17) is 10.1 Å². The average Bonchev–Trinajstić information content (AvgIpc) is 3.03.